The Morgan fingerprint density at radius 3 is 1.62 bits per heavy atom. The Kier molecular flexibility index (Phi) is 10.7. The average molecular weight is 871 g/mol. The molecular formula is C66H50N2. The van der Waals surface area contributed by atoms with Gasteiger partial charge in [0.1, 0.15) is 0 Å². The predicted molar refractivity (Wildman–Crippen MR) is 291 cm³/mol. The highest BCUT2D eigenvalue weighted by Gasteiger charge is 2.20. The Balaban J connectivity index is 0.975. The maximum atomic E-state index is 2.44. The molecule has 0 aliphatic rings. The van der Waals surface area contributed by atoms with Crippen LogP contribution in [0.15, 0.2) is 249 Å². The van der Waals surface area contributed by atoms with Crippen LogP contribution in [0.2, 0.25) is 0 Å². The summed E-state index contributed by atoms with van der Waals surface area (Å²) < 4.78 is 2.42. The largest absolute Gasteiger partial charge is 0.310 e. The molecule has 0 radical (unpaired) electrons. The number of benzene rings is 11. The smallest absolute Gasteiger partial charge is 0.0541 e. The molecule has 0 aliphatic carbocycles. The van der Waals surface area contributed by atoms with Crippen molar-refractivity contribution < 1.29 is 0 Å². The highest BCUT2D eigenvalue weighted by molar-refractivity contribution is 6.10. The predicted octanol–water partition coefficient (Wildman–Crippen LogP) is 18.6. The standard InChI is InChI=1S/C66H50N2/c1-2-3-16-46-31-33-47(34-32-46)48-35-37-50(38-36-48)57-43-44-66(60-24-7-6-23-59(57)60)67(54-20-14-19-52(45-54)56-27-15-18-49-17-4-5-21-55(49)56)53-41-39-51(40-42-53)58-22-8-11-28-63(58)68-64-29-12-9-25-61(64)62-26-10-13-30-65(62)68/h4-15,17-45H,2-3,16H2,1H3. The fourth-order valence-corrected chi connectivity index (χ4v) is 10.4. The summed E-state index contributed by atoms with van der Waals surface area (Å²) in [5, 5.41) is 7.40. The minimum Gasteiger partial charge on any atom is -0.310 e. The fraction of sp³-hybridized carbons (Fsp3) is 0.0606. The summed E-state index contributed by atoms with van der Waals surface area (Å²) in [5.74, 6) is 0. The molecular weight excluding hydrogens is 821 g/mol. The molecule has 0 unspecified atom stereocenters. The lowest BCUT2D eigenvalue weighted by atomic mass is 9.94. The molecule has 0 N–H and O–H groups in total. The van der Waals surface area contributed by atoms with Crippen LogP contribution in [0.3, 0.4) is 0 Å². The van der Waals surface area contributed by atoms with Gasteiger partial charge < -0.3 is 9.47 Å². The number of unbranched alkanes of at least 4 members (excludes halogenated alkanes) is 1. The number of fused-ring (bicyclic) bond motifs is 5. The van der Waals surface area contributed by atoms with Crippen molar-refractivity contribution in [3.63, 3.8) is 0 Å². The molecule has 12 rings (SSSR count). The van der Waals surface area contributed by atoms with E-state index in [9.17, 15) is 0 Å². The molecule has 0 atom stereocenters. The molecule has 2 heteroatoms. The van der Waals surface area contributed by atoms with E-state index in [1.807, 2.05) is 0 Å². The SMILES string of the molecule is CCCCc1ccc(-c2ccc(-c3ccc(N(c4ccc(-c5ccccc5-n5c6ccccc6c6ccccc65)cc4)c4cccc(-c5cccc6ccccc56)c4)c4ccccc34)cc2)cc1. The van der Waals surface area contributed by atoms with Gasteiger partial charge in [-0.25, -0.2) is 0 Å². The minimum absolute atomic E-state index is 1.08. The molecule has 0 saturated carbocycles. The van der Waals surface area contributed by atoms with Gasteiger partial charge in [-0.15, -0.1) is 0 Å². The van der Waals surface area contributed by atoms with E-state index in [1.165, 1.54) is 101 Å². The van der Waals surface area contributed by atoms with Crippen molar-refractivity contribution in [3.8, 4) is 50.2 Å². The number of rotatable bonds is 11. The first-order valence-electron chi connectivity index (χ1n) is 24.0. The Hall–Kier alpha value is -8.46. The molecule has 324 valence electrons. The number of para-hydroxylation sites is 3. The summed E-state index contributed by atoms with van der Waals surface area (Å²) in [5.41, 5.74) is 17.9. The fourth-order valence-electron chi connectivity index (χ4n) is 10.4. The van der Waals surface area contributed by atoms with E-state index in [0.717, 1.165) is 34.7 Å². The molecule has 0 spiro atoms. The summed E-state index contributed by atoms with van der Waals surface area (Å²) in [6.07, 6.45) is 3.57. The monoisotopic (exact) mass is 870 g/mol. The molecule has 0 aliphatic heterocycles. The molecule has 1 heterocycles. The molecule has 1 aromatic heterocycles. The first kappa shape index (κ1) is 41.0. The van der Waals surface area contributed by atoms with Crippen LogP contribution in [-0.2, 0) is 6.42 Å². The molecule has 12 aromatic rings. The topological polar surface area (TPSA) is 8.17 Å². The molecule has 11 aromatic carbocycles. The molecule has 0 amide bonds. The van der Waals surface area contributed by atoms with E-state index < -0.39 is 0 Å². The van der Waals surface area contributed by atoms with Crippen LogP contribution in [0, 0.1) is 0 Å². The van der Waals surface area contributed by atoms with Crippen LogP contribution < -0.4 is 4.90 Å². The average Bonchev–Trinajstić information content (AvgIpc) is 3.75. The Bertz CT molecular complexity index is 3710. The zero-order valence-corrected chi connectivity index (χ0v) is 38.2. The Labute approximate surface area is 398 Å². The third-order valence-electron chi connectivity index (χ3n) is 13.8. The van der Waals surface area contributed by atoms with Gasteiger partial charge in [0.25, 0.3) is 0 Å². The van der Waals surface area contributed by atoms with Crippen molar-refractivity contribution >= 4 is 60.4 Å². The van der Waals surface area contributed by atoms with E-state index in [2.05, 4.69) is 265 Å². The number of aromatic nitrogens is 1. The first-order chi connectivity index (χ1) is 33.7. The van der Waals surface area contributed by atoms with E-state index in [1.54, 1.807) is 0 Å². The molecule has 0 bridgehead atoms. The van der Waals surface area contributed by atoms with Crippen molar-refractivity contribution in [2.75, 3.05) is 4.90 Å². The molecule has 2 nitrogen and oxygen atoms in total. The lowest BCUT2D eigenvalue weighted by Gasteiger charge is -2.28. The van der Waals surface area contributed by atoms with E-state index in [-0.39, 0.29) is 0 Å². The summed E-state index contributed by atoms with van der Waals surface area (Å²) in [4.78, 5) is 2.44. The van der Waals surface area contributed by atoms with Crippen molar-refractivity contribution in [2.24, 2.45) is 0 Å². The van der Waals surface area contributed by atoms with Crippen LogP contribution >= 0.6 is 0 Å². The quantitative estimate of drug-likeness (QED) is 0.126. The van der Waals surface area contributed by atoms with Crippen LogP contribution in [0.25, 0.3) is 93.5 Å². The number of aryl methyl sites for hydroxylation is 1. The van der Waals surface area contributed by atoms with Crippen molar-refractivity contribution in [1.29, 1.82) is 0 Å². The second-order valence-electron chi connectivity index (χ2n) is 17.9. The van der Waals surface area contributed by atoms with Gasteiger partial charge in [-0.2, -0.15) is 0 Å². The van der Waals surface area contributed by atoms with Crippen molar-refractivity contribution in [3.05, 3.63) is 254 Å². The molecule has 68 heavy (non-hydrogen) atoms. The van der Waals surface area contributed by atoms with Crippen LogP contribution in [0.4, 0.5) is 17.1 Å². The highest BCUT2D eigenvalue weighted by atomic mass is 15.1. The zero-order valence-electron chi connectivity index (χ0n) is 38.2. The van der Waals surface area contributed by atoms with E-state index in [0.29, 0.717) is 0 Å². The highest BCUT2D eigenvalue weighted by Crippen LogP contribution is 2.45. The number of hydrogen-bond donors (Lipinski definition) is 0. The van der Waals surface area contributed by atoms with Gasteiger partial charge in [-0.1, -0.05) is 214 Å². The summed E-state index contributed by atoms with van der Waals surface area (Å²) in [6, 6.07) is 91.5. The first-order valence-corrected chi connectivity index (χ1v) is 24.0. The Morgan fingerprint density at radius 2 is 0.882 bits per heavy atom. The van der Waals surface area contributed by atoms with Gasteiger partial charge in [-0.05, 0) is 122 Å². The van der Waals surface area contributed by atoms with Crippen LogP contribution in [0.1, 0.15) is 25.3 Å². The van der Waals surface area contributed by atoms with Gasteiger partial charge >= 0.3 is 0 Å². The lowest BCUT2D eigenvalue weighted by molar-refractivity contribution is 0.795. The summed E-state index contributed by atoms with van der Waals surface area (Å²) in [7, 11) is 0. The lowest BCUT2D eigenvalue weighted by Crippen LogP contribution is -2.11. The second kappa shape index (κ2) is 17.7. The second-order valence-corrected chi connectivity index (χ2v) is 17.9. The van der Waals surface area contributed by atoms with Crippen LogP contribution in [-0.4, -0.2) is 4.57 Å². The minimum atomic E-state index is 1.08. The van der Waals surface area contributed by atoms with Gasteiger partial charge in [0.05, 0.1) is 22.4 Å². The van der Waals surface area contributed by atoms with Crippen molar-refractivity contribution in [1.82, 2.24) is 4.57 Å². The van der Waals surface area contributed by atoms with Gasteiger partial charge in [0.15, 0.2) is 0 Å². The number of nitrogens with zero attached hydrogens (tertiary/aromatic N) is 2. The van der Waals surface area contributed by atoms with E-state index >= 15 is 0 Å². The Morgan fingerprint density at radius 1 is 0.353 bits per heavy atom. The van der Waals surface area contributed by atoms with Gasteiger partial charge in [-0.3, -0.25) is 0 Å². The van der Waals surface area contributed by atoms with Gasteiger partial charge in [0, 0.05) is 33.1 Å². The maximum Gasteiger partial charge on any atom is 0.0541 e. The third kappa shape index (κ3) is 7.41. The zero-order chi connectivity index (χ0) is 45.4. The third-order valence-corrected chi connectivity index (χ3v) is 13.8. The maximum absolute atomic E-state index is 2.44. The van der Waals surface area contributed by atoms with Crippen molar-refractivity contribution in [2.45, 2.75) is 26.2 Å². The summed E-state index contributed by atoms with van der Waals surface area (Å²) >= 11 is 0. The van der Waals surface area contributed by atoms with E-state index in [4.69, 9.17) is 0 Å². The number of anilines is 3. The number of hydrogen-bond acceptors (Lipinski definition) is 1. The molecule has 0 saturated heterocycles. The normalized spacial score (nSPS) is 11.5. The van der Waals surface area contributed by atoms with Crippen LogP contribution in [0.5, 0.6) is 0 Å². The summed E-state index contributed by atoms with van der Waals surface area (Å²) in [6.45, 7) is 2.25. The molecule has 0 fully saturated rings. The van der Waals surface area contributed by atoms with Gasteiger partial charge in [0.2, 0.25) is 0 Å².